The normalized spacial score (nSPS) is 19.5. The molecule has 1 aliphatic carbocycles. The Morgan fingerprint density at radius 1 is 1.44 bits per heavy atom. The molecule has 16 heavy (non-hydrogen) atoms. The molecule has 0 amide bonds. The van der Waals surface area contributed by atoms with E-state index in [0.717, 1.165) is 18.0 Å². The van der Waals surface area contributed by atoms with Crippen LogP contribution in [0.2, 0.25) is 0 Å². The summed E-state index contributed by atoms with van der Waals surface area (Å²) in [6.07, 6.45) is 8.33. The largest absolute Gasteiger partial charge is 0.327 e. The molecule has 2 rings (SSSR count). The van der Waals surface area contributed by atoms with Gasteiger partial charge in [0, 0.05) is 24.7 Å². The number of nitrogens with zero attached hydrogens (tertiary/aromatic N) is 2. The summed E-state index contributed by atoms with van der Waals surface area (Å²) in [5.74, 6) is 0.726. The summed E-state index contributed by atoms with van der Waals surface area (Å²) in [5, 5.41) is 4.56. The van der Waals surface area contributed by atoms with E-state index in [1.54, 1.807) is 0 Å². The Balaban J connectivity index is 1.92. The molecule has 1 unspecified atom stereocenters. The van der Waals surface area contributed by atoms with Gasteiger partial charge in [0.15, 0.2) is 0 Å². The van der Waals surface area contributed by atoms with Crippen molar-refractivity contribution in [1.82, 2.24) is 9.78 Å². The first-order chi connectivity index (χ1) is 7.66. The molecule has 2 N–H and O–H groups in total. The van der Waals surface area contributed by atoms with Gasteiger partial charge in [0.2, 0.25) is 0 Å². The Morgan fingerprint density at radius 3 is 2.69 bits per heavy atom. The molecule has 0 aliphatic heterocycles. The van der Waals surface area contributed by atoms with E-state index in [2.05, 4.69) is 31.2 Å². The molecule has 1 aromatic rings. The van der Waals surface area contributed by atoms with E-state index < -0.39 is 0 Å². The first-order valence-electron chi connectivity index (χ1n) is 6.46. The van der Waals surface area contributed by atoms with Crippen LogP contribution in [0.3, 0.4) is 0 Å². The number of rotatable bonds is 4. The van der Waals surface area contributed by atoms with E-state index in [1.165, 1.54) is 25.7 Å². The highest BCUT2D eigenvalue weighted by molar-refractivity contribution is 5.02. The predicted octanol–water partition coefficient (Wildman–Crippen LogP) is 2.52. The van der Waals surface area contributed by atoms with Crippen LogP contribution in [0.5, 0.6) is 0 Å². The fraction of sp³-hybridized carbons (Fsp3) is 0.769. The van der Waals surface area contributed by atoms with Crippen LogP contribution >= 0.6 is 0 Å². The average molecular weight is 221 g/mol. The van der Waals surface area contributed by atoms with Crippen LogP contribution in [0.15, 0.2) is 12.3 Å². The van der Waals surface area contributed by atoms with Crippen LogP contribution < -0.4 is 5.73 Å². The summed E-state index contributed by atoms with van der Waals surface area (Å²) >= 11 is 0. The highest BCUT2D eigenvalue weighted by Crippen LogP contribution is 2.28. The van der Waals surface area contributed by atoms with Gasteiger partial charge in [-0.1, -0.05) is 12.8 Å². The fourth-order valence-corrected chi connectivity index (χ4v) is 2.57. The maximum Gasteiger partial charge on any atom is 0.0640 e. The van der Waals surface area contributed by atoms with E-state index in [0.29, 0.717) is 12.1 Å². The first-order valence-corrected chi connectivity index (χ1v) is 6.46. The molecule has 3 heteroatoms. The molecule has 1 heterocycles. The average Bonchev–Trinajstić information content (AvgIpc) is 2.87. The molecule has 1 fully saturated rings. The zero-order chi connectivity index (χ0) is 11.5. The minimum Gasteiger partial charge on any atom is -0.327 e. The zero-order valence-corrected chi connectivity index (χ0v) is 10.4. The van der Waals surface area contributed by atoms with Crippen molar-refractivity contribution in [1.29, 1.82) is 0 Å². The molecular weight excluding hydrogens is 198 g/mol. The second-order valence-corrected chi connectivity index (χ2v) is 5.29. The number of nitrogens with two attached hydrogens (primary N) is 1. The number of hydrogen-bond donors (Lipinski definition) is 1. The number of aromatic nitrogens is 2. The second kappa shape index (κ2) is 5.00. The Labute approximate surface area is 98.0 Å². The number of hydrogen-bond acceptors (Lipinski definition) is 2. The third-order valence-corrected chi connectivity index (χ3v) is 3.64. The van der Waals surface area contributed by atoms with Crippen molar-refractivity contribution < 1.29 is 0 Å². The minimum atomic E-state index is 0.304. The molecule has 0 saturated heterocycles. The summed E-state index contributed by atoms with van der Waals surface area (Å²) < 4.78 is 2.01. The topological polar surface area (TPSA) is 43.8 Å². The van der Waals surface area contributed by atoms with Crippen molar-refractivity contribution in [3.8, 4) is 0 Å². The standard InChI is InChI=1S/C13H23N3/c1-10(2)16-8-7-12(15-16)9-13(14)11-5-3-4-6-11/h7-8,10-11,13H,3-6,9,14H2,1-2H3. The smallest absolute Gasteiger partial charge is 0.0640 e. The maximum absolute atomic E-state index is 6.25. The summed E-state index contributed by atoms with van der Waals surface area (Å²) in [4.78, 5) is 0. The van der Waals surface area contributed by atoms with E-state index in [9.17, 15) is 0 Å². The second-order valence-electron chi connectivity index (χ2n) is 5.29. The van der Waals surface area contributed by atoms with E-state index in [4.69, 9.17) is 5.73 Å². The predicted molar refractivity (Wildman–Crippen MR) is 66.2 cm³/mol. The minimum absolute atomic E-state index is 0.304. The van der Waals surface area contributed by atoms with Crippen LogP contribution in [0, 0.1) is 5.92 Å². The van der Waals surface area contributed by atoms with Crippen molar-refractivity contribution in [2.24, 2.45) is 11.7 Å². The monoisotopic (exact) mass is 221 g/mol. The van der Waals surface area contributed by atoms with Gasteiger partial charge in [-0.2, -0.15) is 5.10 Å². The molecule has 90 valence electrons. The van der Waals surface area contributed by atoms with E-state index >= 15 is 0 Å². The Bertz CT molecular complexity index is 324. The van der Waals surface area contributed by atoms with Gasteiger partial charge >= 0.3 is 0 Å². The molecule has 0 spiro atoms. The van der Waals surface area contributed by atoms with Gasteiger partial charge in [-0.05, 0) is 38.7 Å². The molecule has 0 radical (unpaired) electrons. The summed E-state index contributed by atoms with van der Waals surface area (Å²) in [6.45, 7) is 4.29. The van der Waals surface area contributed by atoms with E-state index in [1.807, 2.05) is 4.68 Å². The van der Waals surface area contributed by atoms with E-state index in [-0.39, 0.29) is 0 Å². The van der Waals surface area contributed by atoms with Crippen molar-refractivity contribution >= 4 is 0 Å². The molecule has 0 bridgehead atoms. The Hall–Kier alpha value is -0.830. The SMILES string of the molecule is CC(C)n1ccc(CC(N)C2CCCC2)n1. The third kappa shape index (κ3) is 2.64. The van der Waals surface area contributed by atoms with Gasteiger partial charge in [-0.3, -0.25) is 4.68 Å². The lowest BCUT2D eigenvalue weighted by Crippen LogP contribution is -2.30. The third-order valence-electron chi connectivity index (χ3n) is 3.64. The fourth-order valence-electron chi connectivity index (χ4n) is 2.57. The lowest BCUT2D eigenvalue weighted by molar-refractivity contribution is 0.422. The van der Waals surface area contributed by atoms with Crippen LogP contribution in [0.25, 0.3) is 0 Å². The molecule has 1 aromatic heterocycles. The Kier molecular flexibility index (Phi) is 3.64. The highest BCUT2D eigenvalue weighted by Gasteiger charge is 2.22. The summed E-state index contributed by atoms with van der Waals surface area (Å²) in [5.41, 5.74) is 7.39. The van der Waals surface area contributed by atoms with Crippen LogP contribution in [-0.2, 0) is 6.42 Å². The van der Waals surface area contributed by atoms with Crippen molar-refractivity contribution in [2.45, 2.75) is 58.0 Å². The Morgan fingerprint density at radius 2 is 2.12 bits per heavy atom. The molecule has 1 saturated carbocycles. The molecule has 3 nitrogen and oxygen atoms in total. The van der Waals surface area contributed by atoms with Crippen LogP contribution in [-0.4, -0.2) is 15.8 Å². The van der Waals surface area contributed by atoms with Gasteiger partial charge in [-0.25, -0.2) is 0 Å². The first kappa shape index (κ1) is 11.6. The molecular formula is C13H23N3. The van der Waals surface area contributed by atoms with Crippen LogP contribution in [0.4, 0.5) is 0 Å². The van der Waals surface area contributed by atoms with Crippen molar-refractivity contribution in [3.63, 3.8) is 0 Å². The van der Waals surface area contributed by atoms with Crippen LogP contribution in [0.1, 0.15) is 51.3 Å². The molecule has 1 atom stereocenters. The molecule has 0 aromatic carbocycles. The summed E-state index contributed by atoms with van der Waals surface area (Å²) in [7, 11) is 0. The van der Waals surface area contributed by atoms with Crippen molar-refractivity contribution in [3.05, 3.63) is 18.0 Å². The van der Waals surface area contributed by atoms with Gasteiger partial charge in [0.25, 0.3) is 0 Å². The maximum atomic E-state index is 6.25. The molecule has 1 aliphatic rings. The van der Waals surface area contributed by atoms with Gasteiger partial charge in [0.1, 0.15) is 0 Å². The van der Waals surface area contributed by atoms with Crippen molar-refractivity contribution in [2.75, 3.05) is 0 Å². The van der Waals surface area contributed by atoms with Gasteiger partial charge in [-0.15, -0.1) is 0 Å². The quantitative estimate of drug-likeness (QED) is 0.849. The highest BCUT2D eigenvalue weighted by atomic mass is 15.3. The lowest BCUT2D eigenvalue weighted by Gasteiger charge is -2.17. The summed E-state index contributed by atoms with van der Waals surface area (Å²) in [6, 6.07) is 2.85. The van der Waals surface area contributed by atoms with Gasteiger partial charge < -0.3 is 5.73 Å². The van der Waals surface area contributed by atoms with Gasteiger partial charge in [0.05, 0.1) is 5.69 Å². The zero-order valence-electron chi connectivity index (χ0n) is 10.4. The lowest BCUT2D eigenvalue weighted by atomic mass is 9.95.